The Morgan fingerprint density at radius 1 is 0.947 bits per heavy atom. The summed E-state index contributed by atoms with van der Waals surface area (Å²) >= 11 is 1.65. The lowest BCUT2D eigenvalue weighted by molar-refractivity contribution is 0.636. The highest BCUT2D eigenvalue weighted by molar-refractivity contribution is 7.15. The van der Waals surface area contributed by atoms with Gasteiger partial charge in [-0.05, 0) is 19.4 Å². The van der Waals surface area contributed by atoms with Gasteiger partial charge in [0.05, 0.1) is 0 Å². The molecule has 1 fully saturated rings. The van der Waals surface area contributed by atoms with Crippen molar-refractivity contribution in [3.05, 3.63) is 23.0 Å². The van der Waals surface area contributed by atoms with Gasteiger partial charge in [-0.25, -0.2) is 9.97 Å². The third-order valence-electron chi connectivity index (χ3n) is 3.12. The average molecular weight is 276 g/mol. The van der Waals surface area contributed by atoms with E-state index in [1.807, 2.05) is 26.2 Å². The van der Waals surface area contributed by atoms with Crippen molar-refractivity contribution < 1.29 is 0 Å². The summed E-state index contributed by atoms with van der Waals surface area (Å²) in [5.74, 6) is 0.818. The Bertz CT molecular complexity index is 544. The molecule has 6 nitrogen and oxygen atoms in total. The quantitative estimate of drug-likeness (QED) is 0.823. The van der Waals surface area contributed by atoms with Crippen LogP contribution in [0.1, 0.15) is 10.6 Å². The van der Waals surface area contributed by atoms with E-state index in [1.165, 1.54) is 0 Å². The first-order chi connectivity index (χ1) is 9.22. The van der Waals surface area contributed by atoms with Gasteiger partial charge in [-0.3, -0.25) is 0 Å². The number of rotatable bonds is 2. The fourth-order valence-corrected chi connectivity index (χ4v) is 2.80. The molecule has 7 heteroatoms. The van der Waals surface area contributed by atoms with E-state index in [1.54, 1.807) is 11.3 Å². The monoisotopic (exact) mass is 276 g/mol. The summed E-state index contributed by atoms with van der Waals surface area (Å²) in [6.45, 7) is 7.69. The second-order valence-electron chi connectivity index (χ2n) is 4.64. The Morgan fingerprint density at radius 3 is 2.16 bits per heavy atom. The van der Waals surface area contributed by atoms with Gasteiger partial charge in [0.15, 0.2) is 0 Å². The fourth-order valence-electron chi connectivity index (χ4n) is 2.06. The van der Waals surface area contributed by atoms with Crippen LogP contribution in [0.25, 0.3) is 0 Å². The zero-order valence-electron chi connectivity index (χ0n) is 11.1. The second-order valence-corrected chi connectivity index (χ2v) is 5.80. The second kappa shape index (κ2) is 5.08. The number of aryl methyl sites for hydroxylation is 2. The topological polar surface area (TPSA) is 58.0 Å². The van der Waals surface area contributed by atoms with Gasteiger partial charge in [-0.15, -0.1) is 10.2 Å². The minimum atomic E-state index is 0.818. The van der Waals surface area contributed by atoms with Crippen molar-refractivity contribution in [3.8, 4) is 0 Å². The maximum absolute atomic E-state index is 4.37. The van der Waals surface area contributed by atoms with Gasteiger partial charge >= 0.3 is 0 Å². The van der Waals surface area contributed by atoms with E-state index in [4.69, 9.17) is 0 Å². The lowest BCUT2D eigenvalue weighted by Crippen LogP contribution is -2.47. The Labute approximate surface area is 116 Å². The first kappa shape index (κ1) is 12.3. The third kappa shape index (κ3) is 2.65. The molecule has 1 aliphatic heterocycles. The van der Waals surface area contributed by atoms with Gasteiger partial charge in [-0.1, -0.05) is 11.3 Å². The first-order valence-corrected chi connectivity index (χ1v) is 7.13. The number of anilines is 2. The van der Waals surface area contributed by atoms with Crippen molar-refractivity contribution >= 4 is 22.4 Å². The molecule has 0 aliphatic carbocycles. The molecule has 0 spiro atoms. The smallest absolute Gasteiger partial charge is 0.225 e. The molecule has 0 unspecified atom stereocenters. The summed E-state index contributed by atoms with van der Waals surface area (Å²) in [7, 11) is 0. The number of piperazine rings is 1. The molecule has 0 radical (unpaired) electrons. The SMILES string of the molecule is Cc1cnc(N2CCN(c3nnc(C)s3)CC2)nc1. The maximum Gasteiger partial charge on any atom is 0.225 e. The summed E-state index contributed by atoms with van der Waals surface area (Å²) < 4.78 is 0. The Hall–Kier alpha value is -1.76. The van der Waals surface area contributed by atoms with Gasteiger partial charge in [0.1, 0.15) is 5.01 Å². The normalized spacial score (nSPS) is 15.9. The largest absolute Gasteiger partial charge is 0.343 e. The Kier molecular flexibility index (Phi) is 3.29. The van der Waals surface area contributed by atoms with E-state index in [2.05, 4.69) is 30.0 Å². The van der Waals surface area contributed by atoms with Crippen LogP contribution in [0.5, 0.6) is 0 Å². The average Bonchev–Trinajstić information content (AvgIpc) is 2.87. The zero-order valence-corrected chi connectivity index (χ0v) is 11.9. The Morgan fingerprint density at radius 2 is 1.58 bits per heavy atom. The van der Waals surface area contributed by atoms with Gasteiger partial charge < -0.3 is 9.80 Å². The van der Waals surface area contributed by atoms with Crippen LogP contribution < -0.4 is 9.80 Å². The molecule has 100 valence electrons. The molecule has 2 aromatic rings. The van der Waals surface area contributed by atoms with Crippen molar-refractivity contribution in [2.45, 2.75) is 13.8 Å². The molecule has 3 heterocycles. The highest BCUT2D eigenvalue weighted by atomic mass is 32.1. The van der Waals surface area contributed by atoms with Crippen LogP contribution >= 0.6 is 11.3 Å². The van der Waals surface area contributed by atoms with E-state index in [-0.39, 0.29) is 0 Å². The highest BCUT2D eigenvalue weighted by Crippen LogP contribution is 2.21. The van der Waals surface area contributed by atoms with Crippen LogP contribution in [0, 0.1) is 13.8 Å². The van der Waals surface area contributed by atoms with E-state index >= 15 is 0 Å². The minimum Gasteiger partial charge on any atom is -0.343 e. The molecule has 0 saturated carbocycles. The van der Waals surface area contributed by atoms with E-state index < -0.39 is 0 Å². The summed E-state index contributed by atoms with van der Waals surface area (Å²) in [5.41, 5.74) is 1.09. The van der Waals surface area contributed by atoms with Crippen molar-refractivity contribution in [3.63, 3.8) is 0 Å². The summed E-state index contributed by atoms with van der Waals surface area (Å²) in [4.78, 5) is 13.2. The Balaban J connectivity index is 1.64. The summed E-state index contributed by atoms with van der Waals surface area (Å²) in [5, 5.41) is 10.3. The summed E-state index contributed by atoms with van der Waals surface area (Å²) in [6, 6.07) is 0. The molecular weight excluding hydrogens is 260 g/mol. The number of aromatic nitrogens is 4. The standard InChI is InChI=1S/C12H16N6S/c1-9-7-13-11(14-8-9)17-3-5-18(6-4-17)12-16-15-10(2)19-12/h7-8H,3-6H2,1-2H3. The van der Waals surface area contributed by atoms with Crippen LogP contribution in [0.4, 0.5) is 11.1 Å². The van der Waals surface area contributed by atoms with Crippen LogP contribution in [-0.2, 0) is 0 Å². The van der Waals surface area contributed by atoms with E-state index in [0.717, 1.165) is 47.8 Å². The highest BCUT2D eigenvalue weighted by Gasteiger charge is 2.21. The number of hydrogen-bond acceptors (Lipinski definition) is 7. The fraction of sp³-hybridized carbons (Fsp3) is 0.500. The molecule has 1 saturated heterocycles. The maximum atomic E-state index is 4.37. The van der Waals surface area contributed by atoms with Crippen LogP contribution in [0.3, 0.4) is 0 Å². The predicted molar refractivity (Wildman–Crippen MR) is 75.8 cm³/mol. The van der Waals surface area contributed by atoms with E-state index in [0.29, 0.717) is 0 Å². The molecule has 0 atom stereocenters. The van der Waals surface area contributed by atoms with Crippen LogP contribution in [0.15, 0.2) is 12.4 Å². The molecule has 0 N–H and O–H groups in total. The molecule has 0 aromatic carbocycles. The molecule has 3 rings (SSSR count). The van der Waals surface area contributed by atoms with Crippen molar-refractivity contribution in [2.24, 2.45) is 0 Å². The summed E-state index contributed by atoms with van der Waals surface area (Å²) in [6.07, 6.45) is 3.73. The van der Waals surface area contributed by atoms with Gasteiger partial charge in [-0.2, -0.15) is 0 Å². The molecule has 0 amide bonds. The molecule has 1 aliphatic rings. The van der Waals surface area contributed by atoms with Crippen molar-refractivity contribution in [1.29, 1.82) is 0 Å². The lowest BCUT2D eigenvalue weighted by Gasteiger charge is -2.34. The van der Waals surface area contributed by atoms with Crippen molar-refractivity contribution in [2.75, 3.05) is 36.0 Å². The molecule has 2 aromatic heterocycles. The molecule has 19 heavy (non-hydrogen) atoms. The zero-order chi connectivity index (χ0) is 13.2. The predicted octanol–water partition coefficient (Wildman–Crippen LogP) is 1.27. The van der Waals surface area contributed by atoms with Crippen molar-refractivity contribution in [1.82, 2.24) is 20.2 Å². The van der Waals surface area contributed by atoms with Crippen LogP contribution in [-0.4, -0.2) is 46.3 Å². The van der Waals surface area contributed by atoms with Gasteiger partial charge in [0.25, 0.3) is 0 Å². The first-order valence-electron chi connectivity index (χ1n) is 6.31. The lowest BCUT2D eigenvalue weighted by atomic mass is 10.3. The number of hydrogen-bond donors (Lipinski definition) is 0. The third-order valence-corrected chi connectivity index (χ3v) is 4.02. The van der Waals surface area contributed by atoms with Crippen LogP contribution in [0.2, 0.25) is 0 Å². The van der Waals surface area contributed by atoms with E-state index in [9.17, 15) is 0 Å². The molecular formula is C12H16N6S. The minimum absolute atomic E-state index is 0.818. The van der Waals surface area contributed by atoms with Gasteiger partial charge in [0, 0.05) is 38.6 Å². The van der Waals surface area contributed by atoms with Gasteiger partial charge in [0.2, 0.25) is 11.1 Å². The number of nitrogens with zero attached hydrogens (tertiary/aromatic N) is 6. The molecule has 0 bridgehead atoms.